The van der Waals surface area contributed by atoms with Crippen LogP contribution in [0.25, 0.3) is 0 Å². The summed E-state index contributed by atoms with van der Waals surface area (Å²) in [5, 5.41) is 0. The van der Waals surface area contributed by atoms with Crippen LogP contribution in [0, 0.1) is 6.92 Å². The highest BCUT2D eigenvalue weighted by molar-refractivity contribution is 5.92. The van der Waals surface area contributed by atoms with Crippen LogP contribution in [0.5, 0.6) is 11.5 Å². The third kappa shape index (κ3) is 3.79. The lowest BCUT2D eigenvalue weighted by Crippen LogP contribution is -2.38. The van der Waals surface area contributed by atoms with Crippen LogP contribution in [0.1, 0.15) is 28.4 Å². The molecule has 0 fully saturated rings. The van der Waals surface area contributed by atoms with Gasteiger partial charge in [-0.1, -0.05) is 30.3 Å². The number of carbonyl (C=O) groups is 2. The molecule has 6 heteroatoms. The molecule has 0 amide bonds. The Labute approximate surface area is 151 Å². The van der Waals surface area contributed by atoms with Crippen molar-refractivity contribution in [3.63, 3.8) is 0 Å². The number of hydrogen-bond donors (Lipinski definition) is 0. The van der Waals surface area contributed by atoms with Gasteiger partial charge in [0, 0.05) is 5.56 Å². The molecule has 2 aromatic rings. The van der Waals surface area contributed by atoms with E-state index in [0.29, 0.717) is 22.6 Å². The first kappa shape index (κ1) is 17.8. The third-order valence-electron chi connectivity index (χ3n) is 4.00. The van der Waals surface area contributed by atoms with E-state index in [0.717, 1.165) is 5.56 Å². The van der Waals surface area contributed by atoms with Crippen LogP contribution in [-0.2, 0) is 20.9 Å². The van der Waals surface area contributed by atoms with Crippen LogP contribution in [0.2, 0.25) is 0 Å². The van der Waals surface area contributed by atoms with Crippen LogP contribution in [-0.4, -0.2) is 31.3 Å². The van der Waals surface area contributed by atoms with E-state index in [1.807, 2.05) is 30.3 Å². The van der Waals surface area contributed by atoms with E-state index in [2.05, 4.69) is 0 Å². The highest BCUT2D eigenvalue weighted by Crippen LogP contribution is 2.37. The Bertz CT molecular complexity index is 799. The van der Waals surface area contributed by atoms with E-state index < -0.39 is 18.0 Å². The molecule has 1 aliphatic heterocycles. The molecule has 1 unspecified atom stereocenters. The minimum Gasteiger partial charge on any atom is -0.485 e. The molecule has 2 aromatic carbocycles. The molecule has 1 heterocycles. The van der Waals surface area contributed by atoms with Gasteiger partial charge in [-0.15, -0.1) is 0 Å². The molecule has 3 rings (SSSR count). The van der Waals surface area contributed by atoms with Gasteiger partial charge >= 0.3 is 11.9 Å². The molecule has 136 valence electrons. The van der Waals surface area contributed by atoms with Gasteiger partial charge < -0.3 is 18.9 Å². The van der Waals surface area contributed by atoms with E-state index in [1.54, 1.807) is 26.0 Å². The molecule has 0 saturated heterocycles. The SMILES string of the molecule is CCOC(=O)C1COc2c(ccc(C(=O)OCc3ccccc3)c2C)O1. The van der Waals surface area contributed by atoms with Crippen LogP contribution >= 0.6 is 0 Å². The monoisotopic (exact) mass is 356 g/mol. The maximum atomic E-state index is 12.4. The molecule has 6 nitrogen and oxygen atoms in total. The Kier molecular flexibility index (Phi) is 5.41. The van der Waals surface area contributed by atoms with E-state index in [9.17, 15) is 9.59 Å². The molecule has 0 spiro atoms. The van der Waals surface area contributed by atoms with Crippen molar-refractivity contribution in [1.29, 1.82) is 0 Å². The van der Waals surface area contributed by atoms with Gasteiger partial charge in [-0.3, -0.25) is 0 Å². The number of hydrogen-bond acceptors (Lipinski definition) is 6. The minimum absolute atomic E-state index is 0.0369. The lowest BCUT2D eigenvalue weighted by molar-refractivity contribution is -0.153. The van der Waals surface area contributed by atoms with Gasteiger partial charge in [0.1, 0.15) is 13.2 Å². The summed E-state index contributed by atoms with van der Waals surface area (Å²) in [5.74, 6) is -0.0569. The van der Waals surface area contributed by atoms with E-state index in [-0.39, 0.29) is 19.8 Å². The topological polar surface area (TPSA) is 71.1 Å². The molecule has 1 atom stereocenters. The number of ether oxygens (including phenoxy) is 4. The summed E-state index contributed by atoms with van der Waals surface area (Å²) in [6.45, 7) is 3.99. The summed E-state index contributed by atoms with van der Waals surface area (Å²) in [7, 11) is 0. The summed E-state index contributed by atoms with van der Waals surface area (Å²) in [6.07, 6.45) is -0.808. The largest absolute Gasteiger partial charge is 0.485 e. The number of fused-ring (bicyclic) bond motifs is 1. The average Bonchev–Trinajstić information content (AvgIpc) is 2.67. The van der Waals surface area contributed by atoms with E-state index in [1.165, 1.54) is 0 Å². The summed E-state index contributed by atoms with van der Waals surface area (Å²) in [4.78, 5) is 24.2. The van der Waals surface area contributed by atoms with Crippen LogP contribution in [0.3, 0.4) is 0 Å². The minimum atomic E-state index is -0.808. The first-order chi connectivity index (χ1) is 12.6. The Morgan fingerprint density at radius 2 is 1.88 bits per heavy atom. The molecule has 1 aliphatic rings. The van der Waals surface area contributed by atoms with Crippen molar-refractivity contribution >= 4 is 11.9 Å². The zero-order chi connectivity index (χ0) is 18.5. The van der Waals surface area contributed by atoms with Crippen molar-refractivity contribution in [1.82, 2.24) is 0 Å². The first-order valence-electron chi connectivity index (χ1n) is 8.41. The van der Waals surface area contributed by atoms with E-state index in [4.69, 9.17) is 18.9 Å². The fourth-order valence-electron chi connectivity index (χ4n) is 2.66. The number of carbonyl (C=O) groups excluding carboxylic acids is 2. The van der Waals surface area contributed by atoms with Crippen molar-refractivity contribution in [3.05, 3.63) is 59.2 Å². The van der Waals surface area contributed by atoms with Gasteiger partial charge in [0.2, 0.25) is 6.10 Å². The summed E-state index contributed by atoms with van der Waals surface area (Å²) >= 11 is 0. The van der Waals surface area contributed by atoms with Crippen LogP contribution in [0.4, 0.5) is 0 Å². The Morgan fingerprint density at radius 3 is 2.62 bits per heavy atom. The Hall–Kier alpha value is -3.02. The van der Waals surface area contributed by atoms with E-state index >= 15 is 0 Å². The van der Waals surface area contributed by atoms with Gasteiger partial charge in [0.05, 0.1) is 12.2 Å². The molecule has 0 saturated carbocycles. The smallest absolute Gasteiger partial charge is 0.350 e. The number of benzene rings is 2. The normalized spacial score (nSPS) is 15.2. The van der Waals surface area contributed by atoms with Gasteiger partial charge in [-0.2, -0.15) is 0 Å². The number of rotatable bonds is 5. The summed E-state index contributed by atoms with van der Waals surface area (Å²) < 4.78 is 21.6. The predicted octanol–water partition coefficient (Wildman–Crippen LogP) is 3.05. The van der Waals surface area contributed by atoms with Gasteiger partial charge in [-0.25, -0.2) is 9.59 Å². The average molecular weight is 356 g/mol. The Morgan fingerprint density at radius 1 is 1.12 bits per heavy atom. The zero-order valence-corrected chi connectivity index (χ0v) is 14.7. The molecule has 26 heavy (non-hydrogen) atoms. The molecular weight excluding hydrogens is 336 g/mol. The second kappa shape index (κ2) is 7.91. The maximum absolute atomic E-state index is 12.4. The molecular formula is C20H20O6. The molecule has 0 aromatic heterocycles. The maximum Gasteiger partial charge on any atom is 0.350 e. The fourth-order valence-corrected chi connectivity index (χ4v) is 2.66. The highest BCUT2D eigenvalue weighted by Gasteiger charge is 2.31. The van der Waals surface area contributed by atoms with Gasteiger partial charge in [0.25, 0.3) is 0 Å². The van der Waals surface area contributed by atoms with Gasteiger partial charge in [0.15, 0.2) is 11.5 Å². The van der Waals surface area contributed by atoms with Crippen molar-refractivity contribution in [2.45, 2.75) is 26.6 Å². The highest BCUT2D eigenvalue weighted by atomic mass is 16.6. The molecule has 0 bridgehead atoms. The molecule has 0 radical (unpaired) electrons. The first-order valence-corrected chi connectivity index (χ1v) is 8.41. The van der Waals surface area contributed by atoms with Crippen molar-refractivity contribution < 1.29 is 28.5 Å². The quantitative estimate of drug-likeness (QED) is 0.767. The summed E-state index contributed by atoms with van der Waals surface area (Å²) in [5.41, 5.74) is 1.93. The second-order valence-electron chi connectivity index (χ2n) is 5.80. The summed E-state index contributed by atoms with van der Waals surface area (Å²) in [6, 6.07) is 12.7. The van der Waals surface area contributed by atoms with Crippen molar-refractivity contribution in [2.24, 2.45) is 0 Å². The van der Waals surface area contributed by atoms with Crippen LogP contribution < -0.4 is 9.47 Å². The lowest BCUT2D eigenvalue weighted by atomic mass is 10.1. The molecule has 0 N–H and O–H groups in total. The van der Waals surface area contributed by atoms with Crippen LogP contribution in [0.15, 0.2) is 42.5 Å². The number of esters is 2. The van der Waals surface area contributed by atoms with Crippen molar-refractivity contribution in [2.75, 3.05) is 13.2 Å². The van der Waals surface area contributed by atoms with Crippen molar-refractivity contribution in [3.8, 4) is 11.5 Å². The lowest BCUT2D eigenvalue weighted by Gasteiger charge is -2.26. The molecule has 0 aliphatic carbocycles. The third-order valence-corrected chi connectivity index (χ3v) is 4.00. The zero-order valence-electron chi connectivity index (χ0n) is 14.7. The second-order valence-corrected chi connectivity index (χ2v) is 5.80. The predicted molar refractivity (Wildman–Crippen MR) is 93.3 cm³/mol. The Balaban J connectivity index is 1.71. The van der Waals surface area contributed by atoms with Gasteiger partial charge in [-0.05, 0) is 31.5 Å². The fraction of sp³-hybridized carbons (Fsp3) is 0.300. The standard InChI is InChI=1S/C20H20O6/c1-3-23-20(22)17-12-24-18-13(2)15(9-10-16(18)26-17)19(21)25-11-14-7-5-4-6-8-14/h4-10,17H,3,11-12H2,1-2H3.